The van der Waals surface area contributed by atoms with Gasteiger partial charge in [-0.15, -0.1) is 0 Å². The van der Waals surface area contributed by atoms with Crippen LogP contribution in [0.5, 0.6) is 0 Å². The van der Waals surface area contributed by atoms with Crippen LogP contribution >= 0.6 is 0 Å². The molecular formula is C16H24O2. The molecule has 1 aliphatic rings. The zero-order valence-corrected chi connectivity index (χ0v) is 11.9. The predicted octanol–water partition coefficient (Wildman–Crippen LogP) is 3.38. The van der Waals surface area contributed by atoms with Gasteiger partial charge in [0.1, 0.15) is 0 Å². The Balaban J connectivity index is 2.37. The number of hydrogen-bond donors (Lipinski definition) is 1. The van der Waals surface area contributed by atoms with E-state index in [1.807, 2.05) is 0 Å². The van der Waals surface area contributed by atoms with Crippen LogP contribution in [0.4, 0.5) is 0 Å². The van der Waals surface area contributed by atoms with Crippen molar-refractivity contribution in [3.63, 3.8) is 0 Å². The molecule has 0 amide bonds. The van der Waals surface area contributed by atoms with Crippen molar-refractivity contribution in [1.82, 2.24) is 0 Å². The average Bonchev–Trinajstić information content (AvgIpc) is 2.37. The highest BCUT2D eigenvalue weighted by Crippen LogP contribution is 2.35. The van der Waals surface area contributed by atoms with Gasteiger partial charge in [0.2, 0.25) is 0 Å². The van der Waals surface area contributed by atoms with Crippen molar-refractivity contribution in [2.45, 2.75) is 46.6 Å². The lowest BCUT2D eigenvalue weighted by Crippen LogP contribution is -2.23. The van der Waals surface area contributed by atoms with Gasteiger partial charge >= 0.3 is 0 Å². The van der Waals surface area contributed by atoms with Gasteiger partial charge in [-0.2, -0.15) is 0 Å². The van der Waals surface area contributed by atoms with E-state index in [9.17, 15) is 5.11 Å². The highest BCUT2D eigenvalue weighted by Gasteiger charge is 2.26. The van der Waals surface area contributed by atoms with E-state index in [1.165, 1.54) is 22.3 Å². The van der Waals surface area contributed by atoms with Gasteiger partial charge in [0, 0.05) is 13.2 Å². The summed E-state index contributed by atoms with van der Waals surface area (Å²) in [6.07, 6.45) is 1.59. The largest absolute Gasteiger partial charge is 0.388 e. The summed E-state index contributed by atoms with van der Waals surface area (Å²) in [6, 6.07) is 2.21. The van der Waals surface area contributed by atoms with Gasteiger partial charge < -0.3 is 9.84 Å². The summed E-state index contributed by atoms with van der Waals surface area (Å²) in [4.78, 5) is 0. The molecule has 1 aromatic rings. The van der Waals surface area contributed by atoms with Crippen molar-refractivity contribution in [3.8, 4) is 0 Å². The molecule has 1 heterocycles. The van der Waals surface area contributed by atoms with Gasteiger partial charge in [0.25, 0.3) is 0 Å². The number of benzene rings is 1. The Morgan fingerprint density at radius 2 is 1.56 bits per heavy atom. The van der Waals surface area contributed by atoms with E-state index in [0.29, 0.717) is 5.92 Å². The van der Waals surface area contributed by atoms with E-state index < -0.39 is 0 Å². The Labute approximate surface area is 110 Å². The number of hydrogen-bond acceptors (Lipinski definition) is 2. The molecule has 0 aliphatic carbocycles. The van der Waals surface area contributed by atoms with Crippen LogP contribution in [0.1, 0.15) is 46.8 Å². The summed E-state index contributed by atoms with van der Waals surface area (Å²) < 4.78 is 5.38. The first-order valence-electron chi connectivity index (χ1n) is 6.85. The highest BCUT2D eigenvalue weighted by atomic mass is 16.5. The fourth-order valence-corrected chi connectivity index (χ4v) is 2.96. The standard InChI is InChI=1S/C16H24O2/c1-10-9-11(2)13(4)15(12(10)3)16(17)14-5-7-18-8-6-14/h9,14,16-17H,5-8H2,1-4H3. The minimum atomic E-state index is -0.340. The van der Waals surface area contributed by atoms with E-state index >= 15 is 0 Å². The van der Waals surface area contributed by atoms with Gasteiger partial charge in [-0.3, -0.25) is 0 Å². The van der Waals surface area contributed by atoms with Crippen molar-refractivity contribution < 1.29 is 9.84 Å². The minimum Gasteiger partial charge on any atom is -0.388 e. The molecule has 1 N–H and O–H groups in total. The molecule has 0 aromatic heterocycles. The van der Waals surface area contributed by atoms with Crippen LogP contribution in [0, 0.1) is 33.6 Å². The number of rotatable bonds is 2. The second kappa shape index (κ2) is 5.41. The average molecular weight is 248 g/mol. The smallest absolute Gasteiger partial charge is 0.0825 e. The van der Waals surface area contributed by atoms with Gasteiger partial charge in [-0.05, 0) is 74.3 Å². The summed E-state index contributed by atoms with van der Waals surface area (Å²) in [5.41, 5.74) is 6.20. The monoisotopic (exact) mass is 248 g/mol. The topological polar surface area (TPSA) is 29.5 Å². The van der Waals surface area contributed by atoms with Crippen LogP contribution in [-0.4, -0.2) is 18.3 Å². The van der Waals surface area contributed by atoms with Gasteiger partial charge in [-0.25, -0.2) is 0 Å². The van der Waals surface area contributed by atoms with E-state index in [4.69, 9.17) is 4.74 Å². The van der Waals surface area contributed by atoms with Crippen molar-refractivity contribution in [2.75, 3.05) is 13.2 Å². The Morgan fingerprint density at radius 3 is 2.06 bits per heavy atom. The maximum absolute atomic E-state index is 10.7. The lowest BCUT2D eigenvalue weighted by Gasteiger charge is -2.30. The third-order valence-electron chi connectivity index (χ3n) is 4.43. The molecule has 100 valence electrons. The third-order valence-corrected chi connectivity index (χ3v) is 4.43. The van der Waals surface area contributed by atoms with Crippen LogP contribution in [-0.2, 0) is 4.74 Å². The number of ether oxygens (including phenoxy) is 1. The van der Waals surface area contributed by atoms with Crippen LogP contribution in [0.3, 0.4) is 0 Å². The molecule has 2 heteroatoms. The Morgan fingerprint density at radius 1 is 1.06 bits per heavy atom. The molecule has 1 saturated heterocycles. The Kier molecular flexibility index (Phi) is 4.08. The van der Waals surface area contributed by atoms with E-state index in [2.05, 4.69) is 33.8 Å². The molecular weight excluding hydrogens is 224 g/mol. The quantitative estimate of drug-likeness (QED) is 0.869. The fourth-order valence-electron chi connectivity index (χ4n) is 2.96. The SMILES string of the molecule is Cc1cc(C)c(C)c(C(O)C2CCOCC2)c1C. The minimum absolute atomic E-state index is 0.340. The molecule has 2 nitrogen and oxygen atoms in total. The maximum atomic E-state index is 10.7. The summed E-state index contributed by atoms with van der Waals surface area (Å²) in [5.74, 6) is 0.345. The van der Waals surface area contributed by atoms with Crippen molar-refractivity contribution >= 4 is 0 Å². The molecule has 1 aliphatic heterocycles. The number of aryl methyl sites for hydroxylation is 2. The first-order valence-corrected chi connectivity index (χ1v) is 6.85. The molecule has 0 radical (unpaired) electrons. The van der Waals surface area contributed by atoms with Crippen molar-refractivity contribution in [3.05, 3.63) is 33.9 Å². The Bertz CT molecular complexity index is 405. The van der Waals surface area contributed by atoms with E-state index in [0.717, 1.165) is 31.6 Å². The molecule has 0 bridgehead atoms. The van der Waals surface area contributed by atoms with Crippen LogP contribution in [0.15, 0.2) is 6.07 Å². The highest BCUT2D eigenvalue weighted by molar-refractivity contribution is 5.45. The van der Waals surface area contributed by atoms with E-state index in [-0.39, 0.29) is 6.10 Å². The molecule has 1 aromatic carbocycles. The molecule has 18 heavy (non-hydrogen) atoms. The maximum Gasteiger partial charge on any atom is 0.0825 e. The molecule has 1 atom stereocenters. The van der Waals surface area contributed by atoms with Crippen molar-refractivity contribution in [1.29, 1.82) is 0 Å². The fraction of sp³-hybridized carbons (Fsp3) is 0.625. The molecule has 0 spiro atoms. The second-order valence-electron chi connectivity index (χ2n) is 5.57. The molecule has 0 saturated carbocycles. The van der Waals surface area contributed by atoms with Crippen LogP contribution in [0.2, 0.25) is 0 Å². The molecule has 1 unspecified atom stereocenters. The molecule has 1 fully saturated rings. The molecule has 2 rings (SSSR count). The third kappa shape index (κ3) is 2.45. The van der Waals surface area contributed by atoms with Crippen LogP contribution < -0.4 is 0 Å². The zero-order valence-electron chi connectivity index (χ0n) is 11.9. The lowest BCUT2D eigenvalue weighted by molar-refractivity contribution is 0.00668. The lowest BCUT2D eigenvalue weighted by atomic mass is 9.83. The van der Waals surface area contributed by atoms with Gasteiger partial charge in [0.05, 0.1) is 6.10 Å². The number of aliphatic hydroxyl groups is 1. The first kappa shape index (κ1) is 13.6. The normalized spacial score (nSPS) is 18.9. The second-order valence-corrected chi connectivity index (χ2v) is 5.57. The van der Waals surface area contributed by atoms with Gasteiger partial charge in [0.15, 0.2) is 0 Å². The summed E-state index contributed by atoms with van der Waals surface area (Å²) in [6.45, 7) is 10.1. The van der Waals surface area contributed by atoms with Gasteiger partial charge in [-0.1, -0.05) is 6.07 Å². The first-order chi connectivity index (χ1) is 8.52. The zero-order chi connectivity index (χ0) is 13.3. The van der Waals surface area contributed by atoms with Crippen molar-refractivity contribution in [2.24, 2.45) is 5.92 Å². The number of aliphatic hydroxyl groups excluding tert-OH is 1. The Hall–Kier alpha value is -0.860. The van der Waals surface area contributed by atoms with E-state index in [1.54, 1.807) is 0 Å². The van der Waals surface area contributed by atoms with Crippen LogP contribution in [0.25, 0.3) is 0 Å². The predicted molar refractivity (Wildman–Crippen MR) is 73.9 cm³/mol. The summed E-state index contributed by atoms with van der Waals surface area (Å²) in [5, 5.41) is 10.7. The summed E-state index contributed by atoms with van der Waals surface area (Å²) in [7, 11) is 0. The summed E-state index contributed by atoms with van der Waals surface area (Å²) >= 11 is 0.